The van der Waals surface area contributed by atoms with Gasteiger partial charge < -0.3 is 5.32 Å². The van der Waals surface area contributed by atoms with Crippen molar-refractivity contribution in [3.8, 4) is 0 Å². The van der Waals surface area contributed by atoms with Crippen LogP contribution in [0.25, 0.3) is 0 Å². The van der Waals surface area contributed by atoms with Gasteiger partial charge in [0.2, 0.25) is 10.0 Å². The SMILES string of the molecule is CCCCS(=O)(=O)Nc1ccc(NCc2ccc(F)cc2)nn1. The lowest BCUT2D eigenvalue weighted by Gasteiger charge is -2.08. The number of anilines is 2. The van der Waals surface area contributed by atoms with Crippen molar-refractivity contribution in [1.82, 2.24) is 10.2 Å². The minimum absolute atomic E-state index is 0.0652. The zero-order valence-corrected chi connectivity index (χ0v) is 13.6. The molecule has 2 rings (SSSR count). The molecule has 0 spiro atoms. The number of rotatable bonds is 8. The topological polar surface area (TPSA) is 84.0 Å². The second-order valence-electron chi connectivity index (χ2n) is 5.06. The lowest BCUT2D eigenvalue weighted by Crippen LogP contribution is -2.17. The standard InChI is InChI=1S/C15H19FN4O2S/c1-2-3-10-23(21,22)20-15-9-8-14(18-19-15)17-11-12-4-6-13(16)7-5-12/h4-9H,2-3,10-11H2,1H3,(H,17,18)(H,19,20). The number of benzene rings is 1. The summed E-state index contributed by atoms with van der Waals surface area (Å²) < 4.78 is 38.7. The van der Waals surface area contributed by atoms with E-state index in [-0.39, 0.29) is 17.4 Å². The van der Waals surface area contributed by atoms with Crippen LogP contribution in [0.4, 0.5) is 16.0 Å². The Hall–Kier alpha value is -2.22. The first kappa shape index (κ1) is 17.1. The summed E-state index contributed by atoms with van der Waals surface area (Å²) in [5.41, 5.74) is 0.901. The van der Waals surface area contributed by atoms with Crippen LogP contribution in [0.2, 0.25) is 0 Å². The molecule has 0 saturated carbocycles. The van der Waals surface area contributed by atoms with E-state index in [1.165, 1.54) is 12.1 Å². The van der Waals surface area contributed by atoms with Gasteiger partial charge in [-0.15, -0.1) is 10.2 Å². The van der Waals surface area contributed by atoms with E-state index in [0.717, 1.165) is 12.0 Å². The van der Waals surface area contributed by atoms with Gasteiger partial charge in [-0.05, 0) is 36.2 Å². The molecule has 6 nitrogen and oxygen atoms in total. The van der Waals surface area contributed by atoms with Gasteiger partial charge in [-0.25, -0.2) is 12.8 Å². The number of nitrogens with zero attached hydrogens (tertiary/aromatic N) is 2. The third-order valence-corrected chi connectivity index (χ3v) is 4.42. The van der Waals surface area contributed by atoms with Gasteiger partial charge in [0.05, 0.1) is 5.75 Å². The monoisotopic (exact) mass is 338 g/mol. The average molecular weight is 338 g/mol. The molecular weight excluding hydrogens is 319 g/mol. The lowest BCUT2D eigenvalue weighted by atomic mass is 10.2. The normalized spacial score (nSPS) is 11.2. The predicted molar refractivity (Wildman–Crippen MR) is 88.1 cm³/mol. The first-order valence-corrected chi connectivity index (χ1v) is 8.96. The number of aromatic nitrogens is 2. The van der Waals surface area contributed by atoms with Gasteiger partial charge >= 0.3 is 0 Å². The molecule has 1 aromatic carbocycles. The number of hydrogen-bond donors (Lipinski definition) is 2. The highest BCUT2D eigenvalue weighted by Crippen LogP contribution is 2.10. The molecule has 0 aliphatic heterocycles. The molecule has 0 saturated heterocycles. The number of hydrogen-bond acceptors (Lipinski definition) is 5. The van der Waals surface area contributed by atoms with Crippen LogP contribution < -0.4 is 10.0 Å². The van der Waals surface area contributed by atoms with Crippen LogP contribution in [0.15, 0.2) is 36.4 Å². The molecule has 0 fully saturated rings. The Labute approximate surface area is 135 Å². The fourth-order valence-corrected chi connectivity index (χ4v) is 3.02. The van der Waals surface area contributed by atoms with Crippen LogP contribution >= 0.6 is 0 Å². The lowest BCUT2D eigenvalue weighted by molar-refractivity contribution is 0.597. The Morgan fingerprint density at radius 1 is 1.04 bits per heavy atom. The molecule has 8 heteroatoms. The van der Waals surface area contributed by atoms with E-state index >= 15 is 0 Å². The molecule has 0 aliphatic rings. The van der Waals surface area contributed by atoms with Gasteiger partial charge in [0, 0.05) is 6.54 Å². The quantitative estimate of drug-likeness (QED) is 0.773. The third kappa shape index (κ3) is 5.82. The van der Waals surface area contributed by atoms with Crippen LogP contribution in [-0.2, 0) is 16.6 Å². The summed E-state index contributed by atoms with van der Waals surface area (Å²) in [5.74, 6) is 0.475. The van der Waals surface area contributed by atoms with Crippen LogP contribution in [0, 0.1) is 5.82 Å². The van der Waals surface area contributed by atoms with Crippen molar-refractivity contribution in [3.05, 3.63) is 47.8 Å². The zero-order valence-electron chi connectivity index (χ0n) is 12.8. The first-order chi connectivity index (χ1) is 11.0. The van der Waals surface area contributed by atoms with E-state index in [0.29, 0.717) is 18.8 Å². The fraction of sp³-hybridized carbons (Fsp3) is 0.333. The average Bonchev–Trinajstić information content (AvgIpc) is 2.53. The molecule has 0 atom stereocenters. The maximum atomic E-state index is 12.8. The Balaban J connectivity index is 1.90. The van der Waals surface area contributed by atoms with Crippen LogP contribution in [0.1, 0.15) is 25.3 Å². The highest BCUT2D eigenvalue weighted by atomic mass is 32.2. The van der Waals surface area contributed by atoms with E-state index in [1.807, 2.05) is 6.92 Å². The summed E-state index contributed by atoms with van der Waals surface area (Å²) in [6.45, 7) is 2.40. The molecule has 2 aromatic rings. The van der Waals surface area contributed by atoms with Crippen molar-refractivity contribution in [2.75, 3.05) is 15.8 Å². The van der Waals surface area contributed by atoms with Crippen LogP contribution in [-0.4, -0.2) is 24.4 Å². The molecule has 0 aliphatic carbocycles. The highest BCUT2D eigenvalue weighted by molar-refractivity contribution is 7.92. The summed E-state index contributed by atoms with van der Waals surface area (Å²) >= 11 is 0. The van der Waals surface area contributed by atoms with Crippen molar-refractivity contribution in [2.45, 2.75) is 26.3 Å². The first-order valence-electron chi connectivity index (χ1n) is 7.31. The van der Waals surface area contributed by atoms with Crippen LogP contribution in [0.3, 0.4) is 0 Å². The minimum Gasteiger partial charge on any atom is -0.365 e. The highest BCUT2D eigenvalue weighted by Gasteiger charge is 2.10. The Bertz CT molecular complexity index is 718. The summed E-state index contributed by atoms with van der Waals surface area (Å²) in [6, 6.07) is 9.30. The van der Waals surface area contributed by atoms with Crippen molar-refractivity contribution in [1.29, 1.82) is 0 Å². The Morgan fingerprint density at radius 3 is 2.30 bits per heavy atom. The van der Waals surface area contributed by atoms with Gasteiger partial charge in [0.15, 0.2) is 5.82 Å². The number of sulfonamides is 1. The number of halogens is 1. The Morgan fingerprint density at radius 2 is 1.70 bits per heavy atom. The summed E-state index contributed by atoms with van der Waals surface area (Å²) in [5, 5.41) is 10.8. The minimum atomic E-state index is -3.38. The van der Waals surface area contributed by atoms with Gasteiger partial charge in [0.25, 0.3) is 0 Å². The maximum absolute atomic E-state index is 12.8. The van der Waals surface area contributed by atoms with Crippen molar-refractivity contribution in [3.63, 3.8) is 0 Å². The summed E-state index contributed by atoms with van der Waals surface area (Å²) in [7, 11) is -3.38. The second-order valence-corrected chi connectivity index (χ2v) is 6.90. The van der Waals surface area contributed by atoms with Crippen LogP contribution in [0.5, 0.6) is 0 Å². The van der Waals surface area contributed by atoms with E-state index in [4.69, 9.17) is 0 Å². The number of nitrogens with one attached hydrogen (secondary N) is 2. The molecule has 23 heavy (non-hydrogen) atoms. The molecule has 0 radical (unpaired) electrons. The Kier molecular flexibility index (Phi) is 5.86. The van der Waals surface area contributed by atoms with Gasteiger partial charge in [-0.1, -0.05) is 25.5 Å². The van der Waals surface area contributed by atoms with Crippen molar-refractivity contribution in [2.24, 2.45) is 0 Å². The smallest absolute Gasteiger partial charge is 0.233 e. The fourth-order valence-electron chi connectivity index (χ4n) is 1.82. The molecule has 124 valence electrons. The van der Waals surface area contributed by atoms with Crippen molar-refractivity contribution < 1.29 is 12.8 Å². The number of unbranched alkanes of at least 4 members (excludes halogenated alkanes) is 1. The van der Waals surface area contributed by atoms with Gasteiger partial charge in [-0.3, -0.25) is 4.72 Å². The summed E-state index contributed by atoms with van der Waals surface area (Å²) in [6.07, 6.45) is 1.40. The van der Waals surface area contributed by atoms with E-state index in [9.17, 15) is 12.8 Å². The van der Waals surface area contributed by atoms with Gasteiger partial charge in [-0.2, -0.15) is 0 Å². The largest absolute Gasteiger partial charge is 0.365 e. The summed E-state index contributed by atoms with van der Waals surface area (Å²) in [4.78, 5) is 0. The molecule has 0 amide bonds. The zero-order chi connectivity index (χ0) is 16.7. The van der Waals surface area contributed by atoms with E-state index in [2.05, 4.69) is 20.2 Å². The molecule has 0 bridgehead atoms. The van der Waals surface area contributed by atoms with Gasteiger partial charge in [0.1, 0.15) is 11.6 Å². The van der Waals surface area contributed by atoms with Crippen molar-refractivity contribution >= 4 is 21.7 Å². The molecule has 1 heterocycles. The predicted octanol–water partition coefficient (Wildman–Crippen LogP) is 2.77. The van der Waals surface area contributed by atoms with E-state index in [1.54, 1.807) is 24.3 Å². The van der Waals surface area contributed by atoms with E-state index < -0.39 is 10.0 Å². The molecule has 0 unspecified atom stereocenters. The maximum Gasteiger partial charge on any atom is 0.233 e. The third-order valence-electron chi connectivity index (χ3n) is 3.08. The molecular formula is C15H19FN4O2S. The second kappa shape index (κ2) is 7.87. The molecule has 2 N–H and O–H groups in total. The molecule has 1 aromatic heterocycles.